The quantitative estimate of drug-likeness (QED) is 0.913. The van der Waals surface area contributed by atoms with E-state index in [1.54, 1.807) is 0 Å². The van der Waals surface area contributed by atoms with Crippen molar-refractivity contribution in [2.24, 2.45) is 5.73 Å². The molecule has 19 heavy (non-hydrogen) atoms. The first kappa shape index (κ1) is 12.2. The van der Waals surface area contributed by atoms with Crippen LogP contribution in [0.15, 0.2) is 34.9 Å². The maximum atomic E-state index is 6.14. The van der Waals surface area contributed by atoms with Crippen molar-refractivity contribution in [1.29, 1.82) is 0 Å². The van der Waals surface area contributed by atoms with Crippen molar-refractivity contribution < 1.29 is 4.52 Å². The molecule has 100 valence electrons. The van der Waals surface area contributed by atoms with E-state index in [1.807, 2.05) is 30.3 Å². The Kier molecular flexibility index (Phi) is 3.46. The van der Waals surface area contributed by atoms with Crippen LogP contribution in [0.2, 0.25) is 0 Å². The van der Waals surface area contributed by atoms with Crippen LogP contribution >= 0.6 is 0 Å². The van der Waals surface area contributed by atoms with Gasteiger partial charge in [0.1, 0.15) is 6.04 Å². The van der Waals surface area contributed by atoms with Crippen LogP contribution in [0.1, 0.15) is 36.8 Å². The molecule has 2 heterocycles. The smallest absolute Gasteiger partial charge is 0.266 e. The summed E-state index contributed by atoms with van der Waals surface area (Å²) in [5.41, 5.74) is 7.13. The lowest BCUT2D eigenvalue weighted by atomic mass is 10.1. The van der Waals surface area contributed by atoms with Gasteiger partial charge in [0, 0.05) is 13.1 Å². The fourth-order valence-electron chi connectivity index (χ4n) is 2.38. The van der Waals surface area contributed by atoms with Gasteiger partial charge >= 0.3 is 0 Å². The van der Waals surface area contributed by atoms with Gasteiger partial charge in [-0.3, -0.25) is 0 Å². The number of anilines is 1. The van der Waals surface area contributed by atoms with Crippen LogP contribution in [0.5, 0.6) is 0 Å². The van der Waals surface area contributed by atoms with Crippen molar-refractivity contribution in [2.75, 3.05) is 18.0 Å². The molecule has 0 bridgehead atoms. The molecule has 0 unspecified atom stereocenters. The number of nitrogens with two attached hydrogens (primary N) is 1. The van der Waals surface area contributed by atoms with Gasteiger partial charge in [-0.1, -0.05) is 30.3 Å². The Balaban J connectivity index is 1.77. The van der Waals surface area contributed by atoms with Crippen LogP contribution in [0.3, 0.4) is 0 Å². The van der Waals surface area contributed by atoms with Gasteiger partial charge in [0.15, 0.2) is 0 Å². The lowest BCUT2D eigenvalue weighted by Gasteiger charge is -2.24. The number of hydrogen-bond acceptors (Lipinski definition) is 5. The first-order chi connectivity index (χ1) is 9.34. The van der Waals surface area contributed by atoms with Crippen molar-refractivity contribution >= 4 is 5.95 Å². The monoisotopic (exact) mass is 258 g/mol. The normalized spacial score (nSPS) is 17.4. The molecule has 1 aliphatic heterocycles. The number of nitrogens with zero attached hydrogens (tertiary/aromatic N) is 3. The summed E-state index contributed by atoms with van der Waals surface area (Å²) in [6, 6.07) is 9.45. The molecule has 3 rings (SSSR count). The van der Waals surface area contributed by atoms with E-state index in [4.69, 9.17) is 10.3 Å². The summed E-state index contributed by atoms with van der Waals surface area (Å²) in [6.07, 6.45) is 3.66. The third-order valence-corrected chi connectivity index (χ3v) is 3.49. The number of hydrogen-bond donors (Lipinski definition) is 1. The molecule has 2 aromatic rings. The number of piperidine rings is 1. The Morgan fingerprint density at radius 2 is 1.84 bits per heavy atom. The van der Waals surface area contributed by atoms with Crippen LogP contribution in [0.25, 0.3) is 0 Å². The number of benzene rings is 1. The maximum absolute atomic E-state index is 6.14. The van der Waals surface area contributed by atoms with E-state index in [-0.39, 0.29) is 6.04 Å². The van der Waals surface area contributed by atoms with E-state index >= 15 is 0 Å². The maximum Gasteiger partial charge on any atom is 0.266 e. The van der Waals surface area contributed by atoms with E-state index in [2.05, 4.69) is 15.0 Å². The highest BCUT2D eigenvalue weighted by Crippen LogP contribution is 2.21. The Morgan fingerprint density at radius 3 is 2.58 bits per heavy atom. The molecule has 1 aromatic heterocycles. The van der Waals surface area contributed by atoms with Crippen LogP contribution in [-0.4, -0.2) is 23.2 Å². The molecule has 0 spiro atoms. The second kappa shape index (κ2) is 5.40. The number of aromatic nitrogens is 2. The molecule has 1 aromatic carbocycles. The summed E-state index contributed by atoms with van der Waals surface area (Å²) >= 11 is 0. The lowest BCUT2D eigenvalue weighted by molar-refractivity contribution is 0.365. The highest BCUT2D eigenvalue weighted by Gasteiger charge is 2.20. The zero-order valence-corrected chi connectivity index (χ0v) is 10.8. The standard InChI is InChI=1S/C14H18N4O/c15-12(11-7-3-1-4-8-11)13-16-14(17-19-13)18-9-5-2-6-10-18/h1,3-4,7-8,12H,2,5-6,9-10,15H2/t12-/m0/s1. The Bertz CT molecular complexity index is 519. The van der Waals surface area contributed by atoms with Crippen LogP contribution in [-0.2, 0) is 0 Å². The van der Waals surface area contributed by atoms with Crippen molar-refractivity contribution in [3.8, 4) is 0 Å². The van der Waals surface area contributed by atoms with Gasteiger partial charge in [-0.05, 0) is 30.0 Å². The van der Waals surface area contributed by atoms with Crippen molar-refractivity contribution in [2.45, 2.75) is 25.3 Å². The predicted octanol–water partition coefficient (Wildman–Crippen LogP) is 2.11. The molecule has 0 saturated carbocycles. The molecule has 1 atom stereocenters. The summed E-state index contributed by atoms with van der Waals surface area (Å²) in [6.45, 7) is 2.00. The molecule has 1 aliphatic rings. The van der Waals surface area contributed by atoms with Gasteiger partial charge < -0.3 is 15.2 Å². The summed E-state index contributed by atoms with van der Waals surface area (Å²) in [5.74, 6) is 1.15. The average Bonchev–Trinajstić information content (AvgIpc) is 2.98. The van der Waals surface area contributed by atoms with Crippen LogP contribution in [0.4, 0.5) is 5.95 Å². The SMILES string of the molecule is N[C@@H](c1ccccc1)c1nc(N2CCCCC2)no1. The highest BCUT2D eigenvalue weighted by molar-refractivity contribution is 5.30. The third-order valence-electron chi connectivity index (χ3n) is 3.49. The van der Waals surface area contributed by atoms with Gasteiger partial charge in [-0.2, -0.15) is 4.98 Å². The topological polar surface area (TPSA) is 68.2 Å². The Labute approximate surface area is 112 Å². The second-order valence-corrected chi connectivity index (χ2v) is 4.87. The average molecular weight is 258 g/mol. The lowest BCUT2D eigenvalue weighted by Crippen LogP contribution is -2.30. The second-order valence-electron chi connectivity index (χ2n) is 4.87. The Hall–Kier alpha value is -1.88. The van der Waals surface area contributed by atoms with Gasteiger partial charge in [0.2, 0.25) is 5.89 Å². The molecule has 0 amide bonds. The minimum absolute atomic E-state index is 0.354. The van der Waals surface area contributed by atoms with E-state index in [0.29, 0.717) is 11.8 Å². The fraction of sp³-hybridized carbons (Fsp3) is 0.429. The molecule has 5 heteroatoms. The van der Waals surface area contributed by atoms with Gasteiger partial charge in [0.05, 0.1) is 0 Å². The van der Waals surface area contributed by atoms with E-state index < -0.39 is 0 Å². The first-order valence-electron chi connectivity index (χ1n) is 6.73. The molecule has 0 aliphatic carbocycles. The van der Waals surface area contributed by atoms with Crippen molar-refractivity contribution in [1.82, 2.24) is 10.1 Å². The van der Waals surface area contributed by atoms with Crippen molar-refractivity contribution in [3.63, 3.8) is 0 Å². The largest absolute Gasteiger partial charge is 0.338 e. The zero-order valence-electron chi connectivity index (χ0n) is 10.8. The van der Waals surface area contributed by atoms with Gasteiger partial charge in [0.25, 0.3) is 5.95 Å². The predicted molar refractivity (Wildman–Crippen MR) is 72.8 cm³/mol. The molecule has 0 radical (unpaired) electrons. The summed E-state index contributed by atoms with van der Waals surface area (Å²) in [4.78, 5) is 6.59. The fourth-order valence-corrected chi connectivity index (χ4v) is 2.38. The minimum Gasteiger partial charge on any atom is -0.338 e. The van der Waals surface area contributed by atoms with Crippen LogP contribution in [0, 0.1) is 0 Å². The zero-order chi connectivity index (χ0) is 13.1. The van der Waals surface area contributed by atoms with Crippen molar-refractivity contribution in [3.05, 3.63) is 41.8 Å². The summed E-state index contributed by atoms with van der Waals surface area (Å²) < 4.78 is 5.31. The third kappa shape index (κ3) is 2.61. The van der Waals surface area contributed by atoms with E-state index in [9.17, 15) is 0 Å². The summed E-state index contributed by atoms with van der Waals surface area (Å²) in [5, 5.41) is 4.05. The summed E-state index contributed by atoms with van der Waals surface area (Å²) in [7, 11) is 0. The molecular formula is C14H18N4O. The minimum atomic E-state index is -0.354. The molecule has 1 saturated heterocycles. The number of rotatable bonds is 3. The molecular weight excluding hydrogens is 240 g/mol. The van der Waals surface area contributed by atoms with Crippen LogP contribution < -0.4 is 10.6 Å². The van der Waals surface area contributed by atoms with E-state index in [1.165, 1.54) is 19.3 Å². The molecule has 5 nitrogen and oxygen atoms in total. The highest BCUT2D eigenvalue weighted by atomic mass is 16.5. The van der Waals surface area contributed by atoms with Gasteiger partial charge in [-0.25, -0.2) is 0 Å². The molecule has 2 N–H and O–H groups in total. The van der Waals surface area contributed by atoms with Gasteiger partial charge in [-0.15, -0.1) is 0 Å². The Morgan fingerprint density at radius 1 is 1.11 bits per heavy atom. The first-order valence-corrected chi connectivity index (χ1v) is 6.73. The molecule has 1 fully saturated rings. The van der Waals surface area contributed by atoms with E-state index in [0.717, 1.165) is 18.7 Å².